The third-order valence-corrected chi connectivity index (χ3v) is 4.59. The number of carbonyl (C=O) groups excluding carboxylic acids is 2. The SMILES string of the molecule is CNc1ccc(C(=O)OCC(=O)NC(C)c2ccc(Cl)c(Cl)c2)cc1[N+](=O)[O-]. The molecule has 0 radical (unpaired) electrons. The summed E-state index contributed by atoms with van der Waals surface area (Å²) in [7, 11) is 1.53. The molecule has 0 saturated carbocycles. The van der Waals surface area contributed by atoms with Gasteiger partial charge in [-0.1, -0.05) is 29.3 Å². The quantitative estimate of drug-likeness (QED) is 0.394. The van der Waals surface area contributed by atoms with Gasteiger partial charge in [0.15, 0.2) is 6.61 Å². The number of halogens is 2. The number of nitrogens with one attached hydrogen (secondary N) is 2. The van der Waals surface area contributed by atoms with E-state index in [0.717, 1.165) is 11.6 Å². The van der Waals surface area contributed by atoms with Gasteiger partial charge in [0.2, 0.25) is 0 Å². The molecule has 1 atom stereocenters. The van der Waals surface area contributed by atoms with Crippen LogP contribution in [-0.2, 0) is 9.53 Å². The number of benzene rings is 2. The smallest absolute Gasteiger partial charge is 0.338 e. The fourth-order valence-corrected chi connectivity index (χ4v) is 2.69. The van der Waals surface area contributed by atoms with Crippen molar-refractivity contribution >= 4 is 46.5 Å². The zero-order valence-electron chi connectivity index (χ0n) is 15.0. The number of carbonyl (C=O) groups is 2. The van der Waals surface area contributed by atoms with Gasteiger partial charge in [0.05, 0.1) is 26.6 Å². The van der Waals surface area contributed by atoms with Crippen molar-refractivity contribution in [1.29, 1.82) is 0 Å². The van der Waals surface area contributed by atoms with Crippen molar-refractivity contribution in [1.82, 2.24) is 5.32 Å². The Bertz CT molecular complexity index is 920. The van der Waals surface area contributed by atoms with Crippen molar-refractivity contribution in [2.75, 3.05) is 19.0 Å². The van der Waals surface area contributed by atoms with E-state index in [-0.39, 0.29) is 16.9 Å². The van der Waals surface area contributed by atoms with E-state index in [2.05, 4.69) is 10.6 Å². The molecule has 148 valence electrons. The minimum Gasteiger partial charge on any atom is -0.452 e. The van der Waals surface area contributed by atoms with Crippen molar-refractivity contribution in [3.05, 3.63) is 67.7 Å². The van der Waals surface area contributed by atoms with Crippen LogP contribution in [0.3, 0.4) is 0 Å². The highest BCUT2D eigenvalue weighted by atomic mass is 35.5. The first-order chi connectivity index (χ1) is 13.2. The summed E-state index contributed by atoms with van der Waals surface area (Å²) in [6.45, 7) is 1.20. The second-order valence-electron chi connectivity index (χ2n) is 5.78. The van der Waals surface area contributed by atoms with Gasteiger partial charge in [-0.25, -0.2) is 4.79 Å². The van der Waals surface area contributed by atoms with Crippen LogP contribution < -0.4 is 10.6 Å². The summed E-state index contributed by atoms with van der Waals surface area (Å²) in [6, 6.07) is 8.42. The molecule has 0 aliphatic carbocycles. The van der Waals surface area contributed by atoms with E-state index in [1.165, 1.54) is 19.2 Å². The number of rotatable bonds is 7. The predicted octanol–water partition coefficient (Wildman–Crippen LogP) is 3.98. The van der Waals surface area contributed by atoms with Crippen molar-refractivity contribution in [3.63, 3.8) is 0 Å². The molecule has 8 nitrogen and oxygen atoms in total. The summed E-state index contributed by atoms with van der Waals surface area (Å²) in [6.07, 6.45) is 0. The summed E-state index contributed by atoms with van der Waals surface area (Å²) in [5, 5.41) is 17.1. The highest BCUT2D eigenvalue weighted by Gasteiger charge is 2.19. The molecule has 2 rings (SSSR count). The van der Waals surface area contributed by atoms with Gasteiger partial charge in [0.1, 0.15) is 5.69 Å². The number of nitro groups is 1. The molecule has 2 aromatic rings. The first-order valence-electron chi connectivity index (χ1n) is 8.10. The van der Waals surface area contributed by atoms with E-state index in [9.17, 15) is 19.7 Å². The fourth-order valence-electron chi connectivity index (χ4n) is 2.38. The topological polar surface area (TPSA) is 111 Å². The molecule has 0 aliphatic heterocycles. The lowest BCUT2D eigenvalue weighted by molar-refractivity contribution is -0.384. The Morgan fingerprint density at radius 3 is 2.50 bits per heavy atom. The maximum absolute atomic E-state index is 12.1. The molecule has 0 spiro atoms. The number of hydrogen-bond acceptors (Lipinski definition) is 6. The van der Waals surface area contributed by atoms with Gasteiger partial charge in [0, 0.05) is 13.1 Å². The Morgan fingerprint density at radius 2 is 1.89 bits per heavy atom. The van der Waals surface area contributed by atoms with Crippen LogP contribution in [0.5, 0.6) is 0 Å². The Balaban J connectivity index is 1.96. The zero-order valence-corrected chi connectivity index (χ0v) is 16.5. The van der Waals surface area contributed by atoms with Crippen LogP contribution in [0, 0.1) is 10.1 Å². The average Bonchev–Trinajstić information content (AvgIpc) is 2.67. The number of esters is 1. The van der Waals surface area contributed by atoms with Gasteiger partial charge in [-0.05, 0) is 36.8 Å². The minimum atomic E-state index is -0.844. The lowest BCUT2D eigenvalue weighted by Gasteiger charge is -2.15. The van der Waals surface area contributed by atoms with Crippen LogP contribution >= 0.6 is 23.2 Å². The van der Waals surface area contributed by atoms with Crippen LogP contribution in [-0.4, -0.2) is 30.5 Å². The third-order valence-electron chi connectivity index (χ3n) is 3.85. The number of nitro benzene ring substituents is 1. The van der Waals surface area contributed by atoms with Gasteiger partial charge in [0.25, 0.3) is 11.6 Å². The van der Waals surface area contributed by atoms with E-state index in [4.69, 9.17) is 27.9 Å². The molecular weight excluding hydrogens is 409 g/mol. The fraction of sp³-hybridized carbons (Fsp3) is 0.222. The van der Waals surface area contributed by atoms with Gasteiger partial charge in [-0.3, -0.25) is 14.9 Å². The van der Waals surface area contributed by atoms with E-state index >= 15 is 0 Å². The van der Waals surface area contributed by atoms with Crippen LogP contribution in [0.25, 0.3) is 0 Å². The normalized spacial score (nSPS) is 11.4. The summed E-state index contributed by atoms with van der Waals surface area (Å²) in [4.78, 5) is 34.5. The number of anilines is 1. The second kappa shape index (κ2) is 9.38. The molecule has 0 aromatic heterocycles. The van der Waals surface area contributed by atoms with Crippen LogP contribution in [0.15, 0.2) is 36.4 Å². The third kappa shape index (κ3) is 5.34. The molecule has 0 bridgehead atoms. The molecule has 1 unspecified atom stereocenters. The zero-order chi connectivity index (χ0) is 20.8. The molecule has 2 aromatic carbocycles. The van der Waals surface area contributed by atoms with Gasteiger partial charge >= 0.3 is 5.97 Å². The van der Waals surface area contributed by atoms with Crippen molar-refractivity contribution in [2.24, 2.45) is 0 Å². The molecule has 0 fully saturated rings. The Kier molecular flexibility index (Phi) is 7.19. The highest BCUT2D eigenvalue weighted by molar-refractivity contribution is 6.42. The second-order valence-corrected chi connectivity index (χ2v) is 6.59. The maximum atomic E-state index is 12.1. The monoisotopic (exact) mass is 425 g/mol. The van der Waals surface area contributed by atoms with Crippen molar-refractivity contribution in [2.45, 2.75) is 13.0 Å². The standard InChI is InChI=1S/C18H17Cl2N3O5/c1-10(11-3-5-13(19)14(20)7-11)22-17(24)9-28-18(25)12-4-6-15(21-2)16(8-12)23(26)27/h3-8,10,21H,9H2,1-2H3,(H,22,24). The number of hydrogen-bond donors (Lipinski definition) is 2. The van der Waals surface area contributed by atoms with E-state index in [0.29, 0.717) is 10.0 Å². The van der Waals surface area contributed by atoms with Crippen molar-refractivity contribution < 1.29 is 19.2 Å². The first-order valence-corrected chi connectivity index (χ1v) is 8.86. The van der Waals surface area contributed by atoms with Crippen LogP contribution in [0.1, 0.15) is 28.9 Å². The average molecular weight is 426 g/mol. The highest BCUT2D eigenvalue weighted by Crippen LogP contribution is 2.26. The lowest BCUT2D eigenvalue weighted by Crippen LogP contribution is -2.31. The van der Waals surface area contributed by atoms with E-state index in [1.807, 2.05) is 0 Å². The summed E-state index contributed by atoms with van der Waals surface area (Å²) < 4.78 is 4.94. The molecule has 2 N–H and O–H groups in total. The number of amides is 1. The molecule has 0 heterocycles. The number of ether oxygens (including phenoxy) is 1. The molecule has 28 heavy (non-hydrogen) atoms. The minimum absolute atomic E-state index is 0.0315. The van der Waals surface area contributed by atoms with Crippen molar-refractivity contribution in [3.8, 4) is 0 Å². The summed E-state index contributed by atoms with van der Waals surface area (Å²) in [5.41, 5.74) is 0.688. The Hall–Kier alpha value is -2.84. The lowest BCUT2D eigenvalue weighted by atomic mass is 10.1. The van der Waals surface area contributed by atoms with Gasteiger partial charge < -0.3 is 15.4 Å². The van der Waals surface area contributed by atoms with E-state index < -0.39 is 29.4 Å². The van der Waals surface area contributed by atoms with Crippen LogP contribution in [0.4, 0.5) is 11.4 Å². The Morgan fingerprint density at radius 1 is 1.18 bits per heavy atom. The molecule has 1 amide bonds. The summed E-state index contributed by atoms with van der Waals surface area (Å²) >= 11 is 11.8. The van der Waals surface area contributed by atoms with Gasteiger partial charge in [-0.2, -0.15) is 0 Å². The van der Waals surface area contributed by atoms with Gasteiger partial charge in [-0.15, -0.1) is 0 Å². The number of nitrogens with zero attached hydrogens (tertiary/aromatic N) is 1. The Labute approximate surface area is 170 Å². The van der Waals surface area contributed by atoms with E-state index in [1.54, 1.807) is 25.1 Å². The van der Waals surface area contributed by atoms with Crippen LogP contribution in [0.2, 0.25) is 10.0 Å². The summed E-state index contributed by atoms with van der Waals surface area (Å²) in [5.74, 6) is -1.38. The molecule has 0 saturated heterocycles. The first kappa shape index (κ1) is 21.5. The molecule has 10 heteroatoms. The maximum Gasteiger partial charge on any atom is 0.338 e. The molecule has 0 aliphatic rings. The predicted molar refractivity (Wildman–Crippen MR) is 106 cm³/mol. The molecular formula is C18H17Cl2N3O5. The largest absolute Gasteiger partial charge is 0.452 e.